The molecule has 1 aliphatic carbocycles. The summed E-state index contributed by atoms with van der Waals surface area (Å²) in [4.78, 5) is 0. The fourth-order valence-corrected chi connectivity index (χ4v) is 2.80. The number of aliphatic hydroxyl groups excluding tert-OH is 1. The van der Waals surface area contributed by atoms with Crippen molar-refractivity contribution >= 4 is 0 Å². The van der Waals surface area contributed by atoms with Crippen molar-refractivity contribution in [3.05, 3.63) is 29.3 Å². The molecule has 20 heavy (non-hydrogen) atoms. The molecule has 0 heterocycles. The van der Waals surface area contributed by atoms with Crippen LogP contribution in [0, 0.1) is 13.8 Å². The molecule has 1 aromatic carbocycles. The van der Waals surface area contributed by atoms with Crippen LogP contribution in [0.4, 0.5) is 0 Å². The van der Waals surface area contributed by atoms with Crippen LogP contribution < -0.4 is 10.1 Å². The zero-order valence-electron chi connectivity index (χ0n) is 13.1. The summed E-state index contributed by atoms with van der Waals surface area (Å²) in [6, 6.07) is 6.85. The van der Waals surface area contributed by atoms with Gasteiger partial charge in [0.15, 0.2) is 0 Å². The summed E-state index contributed by atoms with van der Waals surface area (Å²) in [5.41, 5.74) is 2.18. The Morgan fingerprint density at radius 2 is 1.90 bits per heavy atom. The van der Waals surface area contributed by atoms with Crippen LogP contribution in [0.5, 0.6) is 5.75 Å². The van der Waals surface area contributed by atoms with Gasteiger partial charge in [-0.05, 0) is 63.8 Å². The number of ether oxygens (including phenoxy) is 1. The first-order valence-corrected chi connectivity index (χ1v) is 7.54. The Morgan fingerprint density at radius 3 is 2.40 bits per heavy atom. The number of hydrogen-bond donors (Lipinski definition) is 2. The summed E-state index contributed by atoms with van der Waals surface area (Å²) in [6.07, 6.45) is 3.32. The van der Waals surface area contributed by atoms with Crippen molar-refractivity contribution in [2.45, 2.75) is 64.6 Å². The number of hydrogen-bond acceptors (Lipinski definition) is 3. The molecular weight excluding hydrogens is 250 g/mol. The Labute approximate surface area is 122 Å². The zero-order chi connectivity index (χ0) is 14.8. The van der Waals surface area contributed by atoms with Crippen LogP contribution in [0.25, 0.3) is 0 Å². The fourth-order valence-electron chi connectivity index (χ4n) is 2.80. The molecule has 1 saturated carbocycles. The molecule has 0 spiro atoms. The molecule has 2 rings (SSSR count). The molecule has 1 fully saturated rings. The fraction of sp³-hybridized carbons (Fsp3) is 0.647. The van der Waals surface area contributed by atoms with Crippen LogP contribution in [0.15, 0.2) is 18.2 Å². The highest BCUT2D eigenvalue weighted by Crippen LogP contribution is 2.26. The lowest BCUT2D eigenvalue weighted by atomic mass is 9.95. The summed E-state index contributed by atoms with van der Waals surface area (Å²) < 4.78 is 6.02. The van der Waals surface area contributed by atoms with Crippen LogP contribution in [0.2, 0.25) is 0 Å². The van der Waals surface area contributed by atoms with E-state index in [1.54, 1.807) is 0 Å². The lowest BCUT2D eigenvalue weighted by Crippen LogP contribution is -2.49. The van der Waals surface area contributed by atoms with Crippen LogP contribution >= 0.6 is 0 Å². The quantitative estimate of drug-likeness (QED) is 0.805. The van der Waals surface area contributed by atoms with Gasteiger partial charge in [-0.15, -0.1) is 0 Å². The van der Waals surface area contributed by atoms with Gasteiger partial charge in [0, 0.05) is 18.0 Å². The second kappa shape index (κ2) is 6.15. The van der Waals surface area contributed by atoms with E-state index in [0.717, 1.165) is 12.2 Å². The highest BCUT2D eigenvalue weighted by Gasteiger charge is 2.33. The van der Waals surface area contributed by atoms with Crippen LogP contribution in [-0.4, -0.2) is 29.4 Å². The van der Waals surface area contributed by atoms with Crippen LogP contribution in [-0.2, 0) is 0 Å². The van der Waals surface area contributed by atoms with Crippen molar-refractivity contribution in [1.29, 1.82) is 0 Å². The number of aliphatic hydroxyl groups is 1. The van der Waals surface area contributed by atoms with Crippen molar-refractivity contribution in [2.24, 2.45) is 0 Å². The van der Waals surface area contributed by atoms with E-state index in [1.807, 2.05) is 0 Å². The molecule has 3 heteroatoms. The van der Waals surface area contributed by atoms with Crippen molar-refractivity contribution in [1.82, 2.24) is 5.32 Å². The smallest absolute Gasteiger partial charge is 0.120 e. The van der Waals surface area contributed by atoms with Crippen molar-refractivity contribution in [3.63, 3.8) is 0 Å². The zero-order valence-corrected chi connectivity index (χ0v) is 13.1. The minimum absolute atomic E-state index is 0.0691. The van der Waals surface area contributed by atoms with Crippen LogP contribution in [0.3, 0.4) is 0 Å². The van der Waals surface area contributed by atoms with Gasteiger partial charge in [-0.25, -0.2) is 0 Å². The number of rotatable bonds is 7. The predicted molar refractivity (Wildman–Crippen MR) is 82.3 cm³/mol. The lowest BCUT2D eigenvalue weighted by Gasteiger charge is -2.32. The number of benzene rings is 1. The first kappa shape index (κ1) is 15.3. The van der Waals surface area contributed by atoms with E-state index in [0.29, 0.717) is 6.04 Å². The van der Waals surface area contributed by atoms with Crippen molar-refractivity contribution < 1.29 is 9.84 Å². The largest absolute Gasteiger partial charge is 0.491 e. The number of aryl methyl sites for hydroxylation is 2. The molecule has 1 aromatic rings. The van der Waals surface area contributed by atoms with E-state index >= 15 is 0 Å². The molecule has 0 aliphatic heterocycles. The highest BCUT2D eigenvalue weighted by molar-refractivity contribution is 5.33. The van der Waals surface area contributed by atoms with Gasteiger partial charge >= 0.3 is 0 Å². The van der Waals surface area contributed by atoms with Gasteiger partial charge in [-0.2, -0.15) is 0 Å². The van der Waals surface area contributed by atoms with Gasteiger partial charge < -0.3 is 15.2 Å². The topological polar surface area (TPSA) is 41.5 Å². The number of nitrogens with one attached hydrogen (secondary N) is 1. The monoisotopic (exact) mass is 277 g/mol. The van der Waals surface area contributed by atoms with Crippen molar-refractivity contribution in [3.8, 4) is 5.75 Å². The standard InChI is InChI=1S/C17H27NO2/c1-12-7-13(2)9-16(8-12)20-14(3)10-17(4,11-19)18-15-5-6-15/h7-9,14-15,18-19H,5-6,10-11H2,1-4H3. The van der Waals surface area contributed by atoms with E-state index in [2.05, 4.69) is 51.2 Å². The van der Waals surface area contributed by atoms with Gasteiger partial charge in [0.05, 0.1) is 12.7 Å². The van der Waals surface area contributed by atoms with E-state index in [9.17, 15) is 5.11 Å². The molecule has 0 radical (unpaired) electrons. The van der Waals surface area contributed by atoms with Gasteiger partial charge in [0.1, 0.15) is 5.75 Å². The molecular formula is C17H27NO2. The Morgan fingerprint density at radius 1 is 1.30 bits per heavy atom. The summed E-state index contributed by atoms with van der Waals surface area (Å²) in [6.45, 7) is 8.45. The summed E-state index contributed by atoms with van der Waals surface area (Å²) in [5, 5.41) is 13.2. The molecule has 112 valence electrons. The highest BCUT2D eigenvalue weighted by atomic mass is 16.5. The third kappa shape index (κ3) is 4.50. The molecule has 0 aromatic heterocycles. The molecule has 2 unspecified atom stereocenters. The molecule has 1 aliphatic rings. The lowest BCUT2D eigenvalue weighted by molar-refractivity contribution is 0.108. The second-order valence-corrected chi connectivity index (χ2v) is 6.59. The molecule has 3 nitrogen and oxygen atoms in total. The Hall–Kier alpha value is -1.06. The molecule has 2 atom stereocenters. The van der Waals surface area contributed by atoms with E-state index < -0.39 is 0 Å². The summed E-state index contributed by atoms with van der Waals surface area (Å²) in [7, 11) is 0. The summed E-state index contributed by atoms with van der Waals surface area (Å²) >= 11 is 0. The maximum atomic E-state index is 9.65. The minimum Gasteiger partial charge on any atom is -0.491 e. The molecule has 0 saturated heterocycles. The minimum atomic E-state index is -0.251. The molecule has 2 N–H and O–H groups in total. The SMILES string of the molecule is Cc1cc(C)cc(OC(C)CC(C)(CO)NC2CC2)c1. The Bertz CT molecular complexity index is 436. The van der Waals surface area contributed by atoms with Gasteiger partial charge in [0.25, 0.3) is 0 Å². The Kier molecular flexibility index (Phi) is 4.71. The third-order valence-corrected chi connectivity index (χ3v) is 3.75. The Balaban J connectivity index is 1.94. The first-order valence-electron chi connectivity index (χ1n) is 7.54. The van der Waals surface area contributed by atoms with E-state index in [1.165, 1.54) is 24.0 Å². The van der Waals surface area contributed by atoms with Gasteiger partial charge in [-0.3, -0.25) is 0 Å². The normalized spacial score (nSPS) is 19.4. The van der Waals surface area contributed by atoms with Gasteiger partial charge in [0.2, 0.25) is 0 Å². The second-order valence-electron chi connectivity index (χ2n) is 6.59. The molecule has 0 bridgehead atoms. The maximum Gasteiger partial charge on any atom is 0.120 e. The van der Waals surface area contributed by atoms with Crippen LogP contribution in [0.1, 0.15) is 44.2 Å². The van der Waals surface area contributed by atoms with E-state index in [-0.39, 0.29) is 18.2 Å². The average molecular weight is 277 g/mol. The average Bonchev–Trinajstić information content (AvgIpc) is 3.10. The van der Waals surface area contributed by atoms with Gasteiger partial charge in [-0.1, -0.05) is 6.07 Å². The third-order valence-electron chi connectivity index (χ3n) is 3.75. The summed E-state index contributed by atoms with van der Waals surface area (Å²) in [5.74, 6) is 0.918. The predicted octanol–water partition coefficient (Wildman–Crippen LogP) is 2.96. The van der Waals surface area contributed by atoms with Crippen molar-refractivity contribution in [2.75, 3.05) is 6.61 Å². The molecule has 0 amide bonds. The first-order chi connectivity index (χ1) is 9.40. The maximum absolute atomic E-state index is 9.65. The van der Waals surface area contributed by atoms with E-state index in [4.69, 9.17) is 4.74 Å².